The molecule has 1 unspecified atom stereocenters. The molecule has 2 heterocycles. The Morgan fingerprint density at radius 2 is 2.03 bits per heavy atom. The van der Waals surface area contributed by atoms with E-state index in [4.69, 9.17) is 16.3 Å². The number of ether oxygens (including phenoxy) is 1. The number of carbonyl (C=O) groups excluding carboxylic acids is 2. The van der Waals surface area contributed by atoms with E-state index in [0.717, 1.165) is 38.2 Å². The van der Waals surface area contributed by atoms with Crippen molar-refractivity contribution in [2.45, 2.75) is 39.0 Å². The first-order valence-corrected chi connectivity index (χ1v) is 11.2. The highest BCUT2D eigenvalue weighted by Crippen LogP contribution is 2.28. The maximum Gasteiger partial charge on any atom is 0.253 e. The van der Waals surface area contributed by atoms with E-state index in [-0.39, 0.29) is 17.9 Å². The molecule has 2 fully saturated rings. The summed E-state index contributed by atoms with van der Waals surface area (Å²) in [6.07, 6.45) is 1.55. The number of hydrogen-bond acceptors (Lipinski definition) is 4. The first-order valence-electron chi connectivity index (χ1n) is 10.8. The van der Waals surface area contributed by atoms with Crippen LogP contribution >= 0.6 is 11.6 Å². The summed E-state index contributed by atoms with van der Waals surface area (Å²) < 4.78 is 5.61. The van der Waals surface area contributed by atoms with E-state index < -0.39 is 0 Å². The van der Waals surface area contributed by atoms with Gasteiger partial charge in [0.25, 0.3) is 5.91 Å². The Kier molecular flexibility index (Phi) is 6.90. The van der Waals surface area contributed by atoms with Crippen molar-refractivity contribution in [3.63, 3.8) is 0 Å². The van der Waals surface area contributed by atoms with Gasteiger partial charge >= 0.3 is 0 Å². The second-order valence-electron chi connectivity index (χ2n) is 8.23. The third-order valence-electron chi connectivity index (χ3n) is 5.74. The van der Waals surface area contributed by atoms with Gasteiger partial charge in [0.05, 0.1) is 24.0 Å². The lowest BCUT2D eigenvalue weighted by Crippen LogP contribution is -2.40. The molecule has 2 aromatic rings. The Labute approximate surface area is 188 Å². The molecule has 4 rings (SSSR count). The minimum atomic E-state index is -0.209. The number of rotatable bonds is 6. The van der Waals surface area contributed by atoms with Crippen LogP contribution in [0.2, 0.25) is 5.02 Å². The van der Waals surface area contributed by atoms with Crippen LogP contribution in [0.15, 0.2) is 42.5 Å². The highest BCUT2D eigenvalue weighted by atomic mass is 35.5. The molecular formula is C24H28ClN3O3. The lowest BCUT2D eigenvalue weighted by Gasteiger charge is -2.31. The van der Waals surface area contributed by atoms with Gasteiger partial charge in [-0.1, -0.05) is 35.9 Å². The molecule has 2 aromatic carbocycles. The molecule has 6 nitrogen and oxygen atoms in total. The van der Waals surface area contributed by atoms with Gasteiger partial charge in [-0.3, -0.25) is 14.5 Å². The van der Waals surface area contributed by atoms with Crippen molar-refractivity contribution in [1.29, 1.82) is 0 Å². The van der Waals surface area contributed by atoms with Crippen molar-refractivity contribution < 1.29 is 14.3 Å². The van der Waals surface area contributed by atoms with E-state index in [0.29, 0.717) is 35.8 Å². The molecule has 2 saturated heterocycles. The Morgan fingerprint density at radius 1 is 1.19 bits per heavy atom. The normalized spacial score (nSPS) is 19.6. The molecule has 0 aromatic heterocycles. The Bertz CT molecular complexity index is 965. The molecule has 0 aliphatic carbocycles. The van der Waals surface area contributed by atoms with Gasteiger partial charge in [0.1, 0.15) is 0 Å². The summed E-state index contributed by atoms with van der Waals surface area (Å²) in [7, 11) is 0. The molecule has 1 N–H and O–H groups in total. The Balaban J connectivity index is 1.42. The van der Waals surface area contributed by atoms with E-state index in [1.54, 1.807) is 23.1 Å². The number of morpholine rings is 1. The summed E-state index contributed by atoms with van der Waals surface area (Å²) in [6, 6.07) is 13.4. The van der Waals surface area contributed by atoms with Crippen LogP contribution in [-0.4, -0.2) is 49.1 Å². The third kappa shape index (κ3) is 5.45. The number of nitrogens with one attached hydrogen (secondary N) is 1. The maximum atomic E-state index is 12.9. The van der Waals surface area contributed by atoms with Crippen molar-refractivity contribution in [2.24, 2.45) is 0 Å². The number of amides is 2. The largest absolute Gasteiger partial charge is 0.376 e. The summed E-state index contributed by atoms with van der Waals surface area (Å²) in [5.74, 6) is -0.180. The second-order valence-corrected chi connectivity index (χ2v) is 8.67. The van der Waals surface area contributed by atoms with Crippen molar-refractivity contribution >= 4 is 29.1 Å². The van der Waals surface area contributed by atoms with E-state index in [1.165, 1.54) is 5.56 Å². The first-order chi connectivity index (χ1) is 15.0. The molecule has 2 aliphatic rings. The van der Waals surface area contributed by atoms with Crippen LogP contribution < -0.4 is 10.2 Å². The molecule has 0 saturated carbocycles. The van der Waals surface area contributed by atoms with Crippen LogP contribution in [0.5, 0.6) is 0 Å². The SMILES string of the molecule is CC1CN(Cc2cccc(CNC(=O)c3ccc(Cl)cc3N3CCCC3=O)c2)CCO1. The fourth-order valence-corrected chi connectivity index (χ4v) is 4.40. The van der Waals surface area contributed by atoms with Gasteiger partial charge in [-0.15, -0.1) is 0 Å². The molecule has 1 atom stereocenters. The standard InChI is InChI=1S/C24H28ClN3O3/c1-17-15-27(10-11-31-17)16-19-5-2-4-18(12-19)14-26-24(30)21-8-7-20(25)13-22(21)28-9-3-6-23(28)29/h2,4-5,7-8,12-13,17H,3,6,9-11,14-16H2,1H3,(H,26,30). The fourth-order valence-electron chi connectivity index (χ4n) is 4.23. The van der Waals surface area contributed by atoms with Crippen LogP contribution in [-0.2, 0) is 22.6 Å². The lowest BCUT2D eigenvalue weighted by molar-refractivity contribution is -0.117. The van der Waals surface area contributed by atoms with Crippen LogP contribution in [0, 0.1) is 0 Å². The molecule has 0 spiro atoms. The molecule has 2 aliphatic heterocycles. The average molecular weight is 442 g/mol. The molecule has 164 valence electrons. The Morgan fingerprint density at radius 3 is 2.81 bits per heavy atom. The summed E-state index contributed by atoms with van der Waals surface area (Å²) in [6.45, 7) is 6.62. The monoisotopic (exact) mass is 441 g/mol. The van der Waals surface area contributed by atoms with Gasteiger partial charge < -0.3 is 15.0 Å². The predicted molar refractivity (Wildman–Crippen MR) is 121 cm³/mol. The Hall–Kier alpha value is -2.41. The van der Waals surface area contributed by atoms with Crippen molar-refractivity contribution in [2.75, 3.05) is 31.1 Å². The van der Waals surface area contributed by atoms with Crippen molar-refractivity contribution in [3.8, 4) is 0 Å². The third-order valence-corrected chi connectivity index (χ3v) is 5.98. The van der Waals surface area contributed by atoms with E-state index in [2.05, 4.69) is 29.3 Å². The number of benzene rings is 2. The molecule has 0 radical (unpaired) electrons. The molecule has 7 heteroatoms. The number of hydrogen-bond donors (Lipinski definition) is 1. The smallest absolute Gasteiger partial charge is 0.253 e. The number of halogens is 1. The number of carbonyl (C=O) groups is 2. The molecular weight excluding hydrogens is 414 g/mol. The van der Waals surface area contributed by atoms with Gasteiger partial charge in [-0.2, -0.15) is 0 Å². The predicted octanol–water partition coefficient (Wildman–Crippen LogP) is 3.62. The van der Waals surface area contributed by atoms with Crippen LogP contribution in [0.1, 0.15) is 41.3 Å². The summed E-state index contributed by atoms with van der Waals surface area (Å²) in [5.41, 5.74) is 3.32. The zero-order valence-electron chi connectivity index (χ0n) is 17.8. The highest BCUT2D eigenvalue weighted by Gasteiger charge is 2.26. The van der Waals surface area contributed by atoms with E-state index >= 15 is 0 Å². The minimum absolute atomic E-state index is 0.0291. The van der Waals surface area contributed by atoms with Gasteiger partial charge in [0, 0.05) is 44.2 Å². The summed E-state index contributed by atoms with van der Waals surface area (Å²) in [4.78, 5) is 29.2. The van der Waals surface area contributed by atoms with Crippen molar-refractivity contribution in [3.05, 3.63) is 64.2 Å². The molecule has 31 heavy (non-hydrogen) atoms. The lowest BCUT2D eigenvalue weighted by atomic mass is 10.1. The first kappa shape index (κ1) is 21.8. The highest BCUT2D eigenvalue weighted by molar-refractivity contribution is 6.31. The van der Waals surface area contributed by atoms with Gasteiger partial charge in [-0.25, -0.2) is 0 Å². The quantitative estimate of drug-likeness (QED) is 0.743. The maximum absolute atomic E-state index is 12.9. The average Bonchev–Trinajstić information content (AvgIpc) is 3.18. The number of nitrogens with zero attached hydrogens (tertiary/aromatic N) is 2. The summed E-state index contributed by atoms with van der Waals surface area (Å²) in [5, 5.41) is 3.51. The summed E-state index contributed by atoms with van der Waals surface area (Å²) >= 11 is 6.15. The van der Waals surface area contributed by atoms with Crippen LogP contribution in [0.4, 0.5) is 5.69 Å². The topological polar surface area (TPSA) is 61.9 Å². The zero-order valence-corrected chi connectivity index (χ0v) is 18.5. The van der Waals surface area contributed by atoms with Gasteiger partial charge in [0.15, 0.2) is 0 Å². The zero-order chi connectivity index (χ0) is 21.8. The number of anilines is 1. The van der Waals surface area contributed by atoms with Gasteiger partial charge in [-0.05, 0) is 42.7 Å². The minimum Gasteiger partial charge on any atom is -0.376 e. The van der Waals surface area contributed by atoms with E-state index in [9.17, 15) is 9.59 Å². The van der Waals surface area contributed by atoms with Gasteiger partial charge in [0.2, 0.25) is 5.91 Å². The van der Waals surface area contributed by atoms with Crippen molar-refractivity contribution in [1.82, 2.24) is 10.2 Å². The van der Waals surface area contributed by atoms with Crippen LogP contribution in [0.25, 0.3) is 0 Å². The molecule has 0 bridgehead atoms. The van der Waals surface area contributed by atoms with Crippen LogP contribution in [0.3, 0.4) is 0 Å². The second kappa shape index (κ2) is 9.81. The molecule has 2 amide bonds. The van der Waals surface area contributed by atoms with E-state index in [1.807, 2.05) is 12.1 Å². The fraction of sp³-hybridized carbons (Fsp3) is 0.417.